The number of carboxylic acids is 1. The van der Waals surface area contributed by atoms with Gasteiger partial charge in [-0.15, -0.1) is 0 Å². The summed E-state index contributed by atoms with van der Waals surface area (Å²) in [6.07, 6.45) is -7.27. The minimum atomic E-state index is -1.61. The predicted molar refractivity (Wildman–Crippen MR) is 74.3 cm³/mol. The number of hydrogen-bond acceptors (Lipinski definition) is 8. The number of carboxylic acid groups (broad SMARTS) is 1. The summed E-state index contributed by atoms with van der Waals surface area (Å²) in [5.41, 5.74) is -0.0783. The van der Waals surface area contributed by atoms with E-state index in [0.717, 1.165) is 0 Å². The van der Waals surface area contributed by atoms with E-state index in [-0.39, 0.29) is 17.1 Å². The average Bonchev–Trinajstić information content (AvgIpc) is 2.55. The van der Waals surface area contributed by atoms with Crippen LogP contribution in [0.1, 0.15) is 10.4 Å². The third-order valence-electron chi connectivity index (χ3n) is 3.50. The molecule has 1 aliphatic heterocycles. The summed E-state index contributed by atoms with van der Waals surface area (Å²) in [7, 11) is 1.34. The molecule has 9 heteroatoms. The monoisotopic (exact) mass is 330 g/mol. The zero-order chi connectivity index (χ0) is 17.1. The summed E-state index contributed by atoms with van der Waals surface area (Å²) >= 11 is 0. The number of aliphatic hydroxyl groups excluding tert-OH is 4. The molecule has 1 fully saturated rings. The molecule has 1 saturated heterocycles. The van der Waals surface area contributed by atoms with Crippen LogP contribution in [-0.4, -0.2) is 75.9 Å². The number of aromatic carboxylic acids is 1. The van der Waals surface area contributed by atoms with Gasteiger partial charge in [-0.05, 0) is 18.2 Å². The van der Waals surface area contributed by atoms with Crippen LogP contribution in [0.15, 0.2) is 18.2 Å². The Morgan fingerprint density at radius 2 is 1.87 bits per heavy atom. The molecule has 1 aromatic carbocycles. The molecule has 5 atom stereocenters. The van der Waals surface area contributed by atoms with Crippen LogP contribution in [0, 0.1) is 0 Å². The molecule has 1 aromatic rings. The molecule has 0 bridgehead atoms. The fourth-order valence-electron chi connectivity index (χ4n) is 2.19. The zero-order valence-electron chi connectivity index (χ0n) is 12.2. The number of methoxy groups -OCH3 is 1. The molecule has 0 aromatic heterocycles. The Bertz CT molecular complexity index is 559. The van der Waals surface area contributed by atoms with Gasteiger partial charge in [0.25, 0.3) is 0 Å². The van der Waals surface area contributed by atoms with Crippen molar-refractivity contribution in [2.24, 2.45) is 0 Å². The molecule has 1 heterocycles. The van der Waals surface area contributed by atoms with E-state index >= 15 is 0 Å². The average molecular weight is 330 g/mol. The van der Waals surface area contributed by atoms with Crippen molar-refractivity contribution in [2.75, 3.05) is 13.7 Å². The van der Waals surface area contributed by atoms with Gasteiger partial charge in [0.05, 0.1) is 19.3 Å². The Balaban J connectivity index is 2.26. The topological polar surface area (TPSA) is 146 Å². The Hall–Kier alpha value is -1.91. The number of hydrogen-bond donors (Lipinski definition) is 5. The van der Waals surface area contributed by atoms with E-state index in [4.69, 9.17) is 24.4 Å². The van der Waals surface area contributed by atoms with Gasteiger partial charge in [0.1, 0.15) is 24.4 Å². The van der Waals surface area contributed by atoms with Gasteiger partial charge in [0, 0.05) is 0 Å². The van der Waals surface area contributed by atoms with E-state index in [2.05, 4.69) is 0 Å². The highest BCUT2D eigenvalue weighted by molar-refractivity contribution is 5.88. The molecular formula is C14H18O9. The zero-order valence-corrected chi connectivity index (χ0v) is 12.2. The first-order valence-electron chi connectivity index (χ1n) is 6.77. The lowest BCUT2D eigenvalue weighted by molar-refractivity contribution is -0.277. The van der Waals surface area contributed by atoms with Crippen LogP contribution in [-0.2, 0) is 4.74 Å². The molecule has 0 radical (unpaired) electrons. The van der Waals surface area contributed by atoms with Gasteiger partial charge in [-0.25, -0.2) is 4.79 Å². The maximum Gasteiger partial charge on any atom is 0.335 e. The SMILES string of the molecule is COc1ccc(C(=O)O)cc1OC1OC(CO)C(O)C(O)C1O. The van der Waals surface area contributed by atoms with Crippen LogP contribution in [0.3, 0.4) is 0 Å². The lowest BCUT2D eigenvalue weighted by Gasteiger charge is -2.39. The number of ether oxygens (including phenoxy) is 3. The smallest absolute Gasteiger partial charge is 0.335 e. The number of rotatable bonds is 5. The van der Waals surface area contributed by atoms with Crippen molar-refractivity contribution in [1.82, 2.24) is 0 Å². The highest BCUT2D eigenvalue weighted by Gasteiger charge is 2.45. The lowest BCUT2D eigenvalue weighted by atomic mass is 9.99. The summed E-state index contributed by atoms with van der Waals surface area (Å²) in [6.45, 7) is -0.600. The van der Waals surface area contributed by atoms with Gasteiger partial charge >= 0.3 is 5.97 Å². The van der Waals surface area contributed by atoms with Gasteiger partial charge in [0.15, 0.2) is 11.5 Å². The Kier molecular flexibility index (Phi) is 5.39. The minimum Gasteiger partial charge on any atom is -0.493 e. The van der Waals surface area contributed by atoms with Crippen molar-refractivity contribution in [3.05, 3.63) is 23.8 Å². The lowest BCUT2D eigenvalue weighted by Crippen LogP contribution is -2.60. The first kappa shape index (κ1) is 17.4. The van der Waals surface area contributed by atoms with E-state index in [0.29, 0.717) is 0 Å². The molecule has 0 spiro atoms. The van der Waals surface area contributed by atoms with Crippen LogP contribution in [0.4, 0.5) is 0 Å². The minimum absolute atomic E-state index is 0.0308. The van der Waals surface area contributed by atoms with Crippen LogP contribution in [0.2, 0.25) is 0 Å². The van der Waals surface area contributed by atoms with Gasteiger partial charge in [0.2, 0.25) is 6.29 Å². The first-order chi connectivity index (χ1) is 10.9. The third kappa shape index (κ3) is 3.54. The second-order valence-electron chi connectivity index (χ2n) is 4.99. The van der Waals surface area contributed by atoms with E-state index in [1.54, 1.807) is 0 Å². The fraction of sp³-hybridized carbons (Fsp3) is 0.500. The second-order valence-corrected chi connectivity index (χ2v) is 4.99. The molecular weight excluding hydrogens is 312 g/mol. The summed E-state index contributed by atoms with van der Waals surface area (Å²) < 4.78 is 15.6. The predicted octanol–water partition coefficient (Wildman–Crippen LogP) is -1.43. The molecule has 0 amide bonds. The molecule has 9 nitrogen and oxygen atoms in total. The normalized spacial score (nSPS) is 30.7. The van der Waals surface area contributed by atoms with E-state index in [9.17, 15) is 20.1 Å². The van der Waals surface area contributed by atoms with E-state index in [1.807, 2.05) is 0 Å². The highest BCUT2D eigenvalue weighted by Crippen LogP contribution is 2.32. The summed E-state index contributed by atoms with van der Waals surface area (Å²) in [4.78, 5) is 11.0. The standard InChI is InChI=1S/C14H18O9/c1-21-7-3-2-6(13(19)20)4-8(7)22-14-12(18)11(17)10(16)9(5-15)23-14/h2-4,9-12,14-18H,5H2,1H3,(H,19,20). The summed E-state index contributed by atoms with van der Waals surface area (Å²) in [5, 5.41) is 47.5. The fourth-order valence-corrected chi connectivity index (χ4v) is 2.19. The van der Waals surface area contributed by atoms with E-state index < -0.39 is 43.3 Å². The van der Waals surface area contributed by atoms with Crippen LogP contribution in [0.25, 0.3) is 0 Å². The molecule has 2 rings (SSSR count). The van der Waals surface area contributed by atoms with Crippen LogP contribution in [0.5, 0.6) is 11.5 Å². The Labute approximate surface area is 131 Å². The molecule has 23 heavy (non-hydrogen) atoms. The maximum atomic E-state index is 11.0. The first-order valence-corrected chi connectivity index (χ1v) is 6.77. The largest absolute Gasteiger partial charge is 0.493 e. The number of benzene rings is 1. The van der Waals surface area contributed by atoms with Crippen molar-refractivity contribution >= 4 is 5.97 Å². The number of aliphatic hydroxyl groups is 4. The Morgan fingerprint density at radius 3 is 2.43 bits per heavy atom. The highest BCUT2D eigenvalue weighted by atomic mass is 16.7. The summed E-state index contributed by atoms with van der Waals surface area (Å²) in [6, 6.07) is 3.84. The van der Waals surface area contributed by atoms with Gasteiger partial charge in [-0.2, -0.15) is 0 Å². The van der Waals surface area contributed by atoms with Gasteiger partial charge in [-0.3, -0.25) is 0 Å². The van der Waals surface area contributed by atoms with Crippen molar-refractivity contribution in [2.45, 2.75) is 30.7 Å². The van der Waals surface area contributed by atoms with Crippen molar-refractivity contribution in [3.63, 3.8) is 0 Å². The van der Waals surface area contributed by atoms with Gasteiger partial charge in [-0.1, -0.05) is 0 Å². The van der Waals surface area contributed by atoms with Crippen LogP contribution >= 0.6 is 0 Å². The third-order valence-corrected chi connectivity index (χ3v) is 3.50. The molecule has 0 saturated carbocycles. The quantitative estimate of drug-likeness (QED) is 0.438. The molecule has 0 aliphatic carbocycles. The van der Waals surface area contributed by atoms with Crippen molar-refractivity contribution in [3.8, 4) is 11.5 Å². The van der Waals surface area contributed by atoms with Crippen molar-refractivity contribution in [1.29, 1.82) is 0 Å². The Morgan fingerprint density at radius 1 is 1.17 bits per heavy atom. The van der Waals surface area contributed by atoms with E-state index in [1.165, 1.54) is 25.3 Å². The van der Waals surface area contributed by atoms with Crippen LogP contribution < -0.4 is 9.47 Å². The number of carbonyl (C=O) groups is 1. The summed E-state index contributed by atoms with van der Waals surface area (Å²) in [5.74, 6) is -1.03. The maximum absolute atomic E-state index is 11.0. The second kappa shape index (κ2) is 7.11. The molecule has 5 N–H and O–H groups in total. The molecule has 5 unspecified atom stereocenters. The van der Waals surface area contributed by atoms with Crippen molar-refractivity contribution < 1.29 is 44.5 Å². The molecule has 128 valence electrons. The van der Waals surface area contributed by atoms with Gasteiger partial charge < -0.3 is 39.7 Å². The molecule has 1 aliphatic rings.